The monoisotopic (exact) mass is 347 g/mol. The van der Waals surface area contributed by atoms with Crippen LogP contribution in [0.5, 0.6) is 0 Å². The second-order valence-electron chi connectivity index (χ2n) is 4.24. The van der Waals surface area contributed by atoms with Crippen LogP contribution in [0.15, 0.2) is 41.1 Å². The molecule has 2 heterocycles. The molecule has 0 aliphatic rings. The van der Waals surface area contributed by atoms with Crippen molar-refractivity contribution in [2.45, 2.75) is 6.92 Å². The van der Waals surface area contributed by atoms with Crippen LogP contribution in [-0.4, -0.2) is 15.9 Å². The Morgan fingerprint density at radius 3 is 2.95 bits per heavy atom. The zero-order chi connectivity index (χ0) is 14.1. The highest BCUT2D eigenvalue weighted by atomic mass is 79.9. The SMILES string of the molecule is Cc1nc2ccc(NC(=O)c3ccnc(Br)c3)cc2s1. The summed E-state index contributed by atoms with van der Waals surface area (Å²) in [6.07, 6.45) is 1.59. The smallest absolute Gasteiger partial charge is 0.255 e. The van der Waals surface area contributed by atoms with E-state index < -0.39 is 0 Å². The molecule has 1 aromatic carbocycles. The van der Waals surface area contributed by atoms with Gasteiger partial charge in [-0.2, -0.15) is 0 Å². The zero-order valence-electron chi connectivity index (χ0n) is 10.6. The number of carbonyl (C=O) groups is 1. The lowest BCUT2D eigenvalue weighted by atomic mass is 10.2. The van der Waals surface area contributed by atoms with E-state index in [1.54, 1.807) is 29.7 Å². The van der Waals surface area contributed by atoms with Gasteiger partial charge in [0.05, 0.1) is 15.2 Å². The Labute approximate surface area is 128 Å². The van der Waals surface area contributed by atoms with Crippen LogP contribution in [-0.2, 0) is 0 Å². The maximum atomic E-state index is 12.1. The van der Waals surface area contributed by atoms with E-state index in [1.807, 2.05) is 25.1 Å². The quantitative estimate of drug-likeness (QED) is 0.712. The number of thiazole rings is 1. The molecule has 0 unspecified atom stereocenters. The van der Waals surface area contributed by atoms with Gasteiger partial charge in [0.2, 0.25) is 0 Å². The number of hydrogen-bond donors (Lipinski definition) is 1. The predicted molar refractivity (Wildman–Crippen MR) is 84.2 cm³/mol. The Morgan fingerprint density at radius 2 is 2.15 bits per heavy atom. The van der Waals surface area contributed by atoms with E-state index in [9.17, 15) is 4.79 Å². The first-order valence-electron chi connectivity index (χ1n) is 5.92. The molecule has 100 valence electrons. The lowest BCUT2D eigenvalue weighted by Crippen LogP contribution is -2.11. The third kappa shape index (κ3) is 2.71. The van der Waals surface area contributed by atoms with Gasteiger partial charge < -0.3 is 5.32 Å². The van der Waals surface area contributed by atoms with E-state index in [-0.39, 0.29) is 5.91 Å². The summed E-state index contributed by atoms with van der Waals surface area (Å²) in [6, 6.07) is 9.07. The van der Waals surface area contributed by atoms with Crippen molar-refractivity contribution in [3.63, 3.8) is 0 Å². The molecular formula is C14H10BrN3OS. The number of anilines is 1. The van der Waals surface area contributed by atoms with Crippen LogP contribution in [0.2, 0.25) is 0 Å². The summed E-state index contributed by atoms with van der Waals surface area (Å²) in [5, 5.41) is 3.89. The van der Waals surface area contributed by atoms with Crippen LogP contribution in [0.3, 0.4) is 0 Å². The first-order valence-corrected chi connectivity index (χ1v) is 7.53. The van der Waals surface area contributed by atoms with Crippen molar-refractivity contribution >= 4 is 49.1 Å². The van der Waals surface area contributed by atoms with Crippen molar-refractivity contribution < 1.29 is 4.79 Å². The molecule has 0 spiro atoms. The molecule has 0 saturated carbocycles. The van der Waals surface area contributed by atoms with Gasteiger partial charge in [-0.1, -0.05) is 0 Å². The number of aryl methyl sites for hydroxylation is 1. The number of benzene rings is 1. The average Bonchev–Trinajstić information content (AvgIpc) is 2.78. The molecule has 0 bridgehead atoms. The topological polar surface area (TPSA) is 54.9 Å². The van der Waals surface area contributed by atoms with Crippen LogP contribution in [0.4, 0.5) is 5.69 Å². The summed E-state index contributed by atoms with van der Waals surface area (Å²) in [5.74, 6) is -0.159. The van der Waals surface area contributed by atoms with Gasteiger partial charge in [-0.05, 0) is 53.2 Å². The first kappa shape index (κ1) is 13.2. The maximum absolute atomic E-state index is 12.1. The lowest BCUT2D eigenvalue weighted by Gasteiger charge is -2.05. The van der Waals surface area contributed by atoms with Crippen LogP contribution >= 0.6 is 27.3 Å². The molecule has 3 rings (SSSR count). The molecule has 0 aliphatic heterocycles. The van der Waals surface area contributed by atoms with Crippen molar-refractivity contribution in [1.29, 1.82) is 0 Å². The van der Waals surface area contributed by atoms with E-state index in [0.29, 0.717) is 10.2 Å². The van der Waals surface area contributed by atoms with Crippen molar-refractivity contribution in [1.82, 2.24) is 9.97 Å². The average molecular weight is 348 g/mol. The minimum atomic E-state index is -0.159. The molecular weight excluding hydrogens is 338 g/mol. The Hall–Kier alpha value is -1.79. The molecule has 4 nitrogen and oxygen atoms in total. The van der Waals surface area contributed by atoms with E-state index in [1.165, 1.54) is 0 Å². The Morgan fingerprint density at radius 1 is 1.30 bits per heavy atom. The van der Waals surface area contributed by atoms with E-state index >= 15 is 0 Å². The molecule has 0 atom stereocenters. The van der Waals surface area contributed by atoms with Crippen molar-refractivity contribution in [2.24, 2.45) is 0 Å². The molecule has 2 aromatic heterocycles. The van der Waals surface area contributed by atoms with E-state index in [2.05, 4.69) is 31.2 Å². The molecule has 1 amide bonds. The third-order valence-corrected chi connectivity index (χ3v) is 4.11. The number of aromatic nitrogens is 2. The molecule has 0 radical (unpaired) electrons. The van der Waals surface area contributed by atoms with Crippen LogP contribution < -0.4 is 5.32 Å². The zero-order valence-corrected chi connectivity index (χ0v) is 13.0. The molecule has 0 fully saturated rings. The fraction of sp³-hybridized carbons (Fsp3) is 0.0714. The summed E-state index contributed by atoms with van der Waals surface area (Å²) >= 11 is 4.87. The summed E-state index contributed by atoms with van der Waals surface area (Å²) in [5.41, 5.74) is 2.28. The van der Waals surface area contributed by atoms with Crippen LogP contribution in [0, 0.1) is 6.92 Å². The second-order valence-corrected chi connectivity index (χ2v) is 6.28. The van der Waals surface area contributed by atoms with Gasteiger partial charge in [-0.15, -0.1) is 11.3 Å². The van der Waals surface area contributed by atoms with Crippen LogP contribution in [0.25, 0.3) is 10.2 Å². The lowest BCUT2D eigenvalue weighted by molar-refractivity contribution is 0.102. The second kappa shape index (κ2) is 5.30. The van der Waals surface area contributed by atoms with Gasteiger partial charge in [-0.3, -0.25) is 4.79 Å². The number of pyridine rings is 1. The van der Waals surface area contributed by atoms with Crippen molar-refractivity contribution in [3.8, 4) is 0 Å². The first-order chi connectivity index (χ1) is 9.61. The molecule has 20 heavy (non-hydrogen) atoms. The predicted octanol–water partition coefficient (Wildman–Crippen LogP) is 4.01. The number of nitrogens with one attached hydrogen (secondary N) is 1. The maximum Gasteiger partial charge on any atom is 0.255 e. The third-order valence-electron chi connectivity index (χ3n) is 2.74. The van der Waals surface area contributed by atoms with Crippen molar-refractivity contribution in [3.05, 3.63) is 51.7 Å². The Bertz CT molecular complexity index is 800. The minimum Gasteiger partial charge on any atom is -0.322 e. The summed E-state index contributed by atoms with van der Waals surface area (Å²) in [4.78, 5) is 20.5. The number of rotatable bonds is 2. The van der Waals surface area contributed by atoms with Gasteiger partial charge in [0.25, 0.3) is 5.91 Å². The fourth-order valence-electron chi connectivity index (χ4n) is 1.86. The molecule has 1 N–H and O–H groups in total. The number of carbonyl (C=O) groups excluding carboxylic acids is 1. The summed E-state index contributed by atoms with van der Waals surface area (Å²) in [6.45, 7) is 1.97. The highest BCUT2D eigenvalue weighted by Crippen LogP contribution is 2.25. The molecule has 0 aliphatic carbocycles. The van der Waals surface area contributed by atoms with Gasteiger partial charge >= 0.3 is 0 Å². The minimum absolute atomic E-state index is 0.159. The highest BCUT2D eigenvalue weighted by molar-refractivity contribution is 9.10. The number of fused-ring (bicyclic) bond motifs is 1. The van der Waals surface area contributed by atoms with Crippen LogP contribution in [0.1, 0.15) is 15.4 Å². The summed E-state index contributed by atoms with van der Waals surface area (Å²) < 4.78 is 1.70. The van der Waals surface area contributed by atoms with Gasteiger partial charge in [0.15, 0.2) is 0 Å². The normalized spacial score (nSPS) is 10.7. The number of hydrogen-bond acceptors (Lipinski definition) is 4. The molecule has 0 saturated heterocycles. The molecule has 6 heteroatoms. The summed E-state index contributed by atoms with van der Waals surface area (Å²) in [7, 11) is 0. The standard InChI is InChI=1S/C14H10BrN3OS/c1-8-17-11-3-2-10(7-12(11)20-8)18-14(19)9-4-5-16-13(15)6-9/h2-7H,1H3,(H,18,19). The van der Waals surface area contributed by atoms with Gasteiger partial charge in [-0.25, -0.2) is 9.97 Å². The Kier molecular flexibility index (Phi) is 3.50. The highest BCUT2D eigenvalue weighted by Gasteiger charge is 2.08. The number of nitrogens with zero attached hydrogens (tertiary/aromatic N) is 2. The van der Waals surface area contributed by atoms with Gasteiger partial charge in [0, 0.05) is 17.4 Å². The van der Waals surface area contributed by atoms with Gasteiger partial charge in [0.1, 0.15) is 4.60 Å². The number of amides is 1. The Balaban J connectivity index is 1.87. The van der Waals surface area contributed by atoms with Crippen molar-refractivity contribution in [2.75, 3.05) is 5.32 Å². The van der Waals surface area contributed by atoms with E-state index in [4.69, 9.17) is 0 Å². The molecule has 3 aromatic rings. The largest absolute Gasteiger partial charge is 0.322 e. The van der Waals surface area contributed by atoms with E-state index in [0.717, 1.165) is 20.9 Å². The fourth-order valence-corrected chi connectivity index (χ4v) is 3.10. The number of halogens is 1.